The molecule has 0 fully saturated rings. The first kappa shape index (κ1) is 15.9. The number of hydrogen-bond donors (Lipinski definition) is 1. The molecule has 1 N–H and O–H groups in total. The van der Waals surface area contributed by atoms with Crippen molar-refractivity contribution >= 4 is 0 Å². The van der Waals surface area contributed by atoms with Crippen LogP contribution in [0.4, 0.5) is 0 Å². The van der Waals surface area contributed by atoms with Crippen molar-refractivity contribution in [2.24, 2.45) is 5.92 Å². The third-order valence-electron chi connectivity index (χ3n) is 2.62. The Morgan fingerprint density at radius 2 is 1.75 bits per heavy atom. The van der Waals surface area contributed by atoms with Gasteiger partial charge in [-0.15, -0.1) is 0 Å². The van der Waals surface area contributed by atoms with Crippen LogP contribution in [0.25, 0.3) is 0 Å². The predicted molar refractivity (Wildman–Crippen MR) is 70.9 cm³/mol. The van der Waals surface area contributed by atoms with Crippen LogP contribution in [0.2, 0.25) is 0 Å². The van der Waals surface area contributed by atoms with Gasteiger partial charge in [-0.05, 0) is 25.9 Å². The van der Waals surface area contributed by atoms with Crippen LogP contribution in [-0.2, 0) is 4.74 Å². The second-order valence-corrected chi connectivity index (χ2v) is 4.81. The first-order valence-corrected chi connectivity index (χ1v) is 6.63. The van der Waals surface area contributed by atoms with Crippen molar-refractivity contribution in [2.75, 3.05) is 39.4 Å². The van der Waals surface area contributed by atoms with Gasteiger partial charge in [-0.25, -0.2) is 0 Å². The van der Waals surface area contributed by atoms with Gasteiger partial charge < -0.3 is 15.0 Å². The van der Waals surface area contributed by atoms with Crippen molar-refractivity contribution in [3.05, 3.63) is 0 Å². The van der Waals surface area contributed by atoms with Gasteiger partial charge in [0.15, 0.2) is 0 Å². The first-order chi connectivity index (χ1) is 7.60. The minimum Gasteiger partial charge on any atom is -0.380 e. The Hall–Kier alpha value is -0.120. The van der Waals surface area contributed by atoms with Crippen LogP contribution in [0, 0.1) is 5.92 Å². The molecule has 0 aromatic heterocycles. The Morgan fingerprint density at radius 1 is 1.12 bits per heavy atom. The molecule has 0 rings (SSSR count). The highest BCUT2D eigenvalue weighted by molar-refractivity contribution is 4.65. The second-order valence-electron chi connectivity index (χ2n) is 4.81. The van der Waals surface area contributed by atoms with Crippen LogP contribution in [0.15, 0.2) is 0 Å². The van der Waals surface area contributed by atoms with E-state index in [0.29, 0.717) is 12.0 Å². The number of nitrogens with one attached hydrogen (secondary N) is 1. The summed E-state index contributed by atoms with van der Waals surface area (Å²) in [5, 5.41) is 3.49. The number of rotatable bonds is 10. The summed E-state index contributed by atoms with van der Waals surface area (Å²) < 4.78 is 5.53. The minimum atomic E-state index is 0.544. The van der Waals surface area contributed by atoms with Gasteiger partial charge in [-0.2, -0.15) is 0 Å². The van der Waals surface area contributed by atoms with E-state index in [-0.39, 0.29) is 0 Å². The van der Waals surface area contributed by atoms with Crippen LogP contribution < -0.4 is 5.32 Å². The molecule has 3 nitrogen and oxygen atoms in total. The molecule has 0 amide bonds. The maximum Gasteiger partial charge on any atom is 0.0591 e. The van der Waals surface area contributed by atoms with Gasteiger partial charge in [-0.1, -0.05) is 27.7 Å². The van der Waals surface area contributed by atoms with Gasteiger partial charge in [-0.3, -0.25) is 0 Å². The highest BCUT2D eigenvalue weighted by atomic mass is 16.5. The molecule has 0 bridgehead atoms. The highest BCUT2D eigenvalue weighted by Gasteiger charge is 2.05. The topological polar surface area (TPSA) is 24.5 Å². The highest BCUT2D eigenvalue weighted by Crippen LogP contribution is 1.93. The number of nitrogens with zero attached hydrogens (tertiary/aromatic N) is 1. The predicted octanol–water partition coefficient (Wildman–Crippen LogP) is 1.98. The monoisotopic (exact) mass is 230 g/mol. The van der Waals surface area contributed by atoms with Crippen molar-refractivity contribution in [3.8, 4) is 0 Å². The Balaban J connectivity index is 3.39. The molecular formula is C13H30N2O. The summed E-state index contributed by atoms with van der Waals surface area (Å²) in [5.41, 5.74) is 0. The van der Waals surface area contributed by atoms with E-state index in [4.69, 9.17) is 4.74 Å². The van der Waals surface area contributed by atoms with Crippen molar-refractivity contribution in [1.29, 1.82) is 0 Å². The van der Waals surface area contributed by atoms with Gasteiger partial charge in [0.2, 0.25) is 0 Å². The van der Waals surface area contributed by atoms with E-state index in [1.165, 1.54) is 0 Å². The zero-order valence-electron chi connectivity index (χ0n) is 11.8. The molecule has 0 saturated heterocycles. The molecule has 0 heterocycles. The average molecular weight is 230 g/mol. The zero-order valence-corrected chi connectivity index (χ0v) is 11.8. The maximum absolute atomic E-state index is 5.53. The van der Waals surface area contributed by atoms with Crippen LogP contribution in [0.1, 0.15) is 34.6 Å². The third-order valence-corrected chi connectivity index (χ3v) is 2.62. The normalized spacial score (nSPS) is 13.7. The molecule has 1 atom stereocenters. The van der Waals surface area contributed by atoms with Gasteiger partial charge in [0.05, 0.1) is 6.61 Å². The van der Waals surface area contributed by atoms with E-state index in [1.807, 2.05) is 0 Å². The Bertz CT molecular complexity index is 147. The fourth-order valence-electron chi connectivity index (χ4n) is 1.63. The van der Waals surface area contributed by atoms with Crippen LogP contribution >= 0.6 is 0 Å². The number of hydrogen-bond acceptors (Lipinski definition) is 3. The van der Waals surface area contributed by atoms with Crippen LogP contribution in [0.5, 0.6) is 0 Å². The van der Waals surface area contributed by atoms with Crippen LogP contribution in [-0.4, -0.2) is 50.3 Å². The molecule has 0 radical (unpaired) electrons. The Labute approximate surface area is 102 Å². The Morgan fingerprint density at radius 3 is 2.25 bits per heavy atom. The quantitative estimate of drug-likeness (QED) is 0.581. The van der Waals surface area contributed by atoms with E-state index >= 15 is 0 Å². The fourth-order valence-corrected chi connectivity index (χ4v) is 1.63. The number of ether oxygens (including phenoxy) is 1. The lowest BCUT2D eigenvalue weighted by molar-refractivity contribution is 0.109. The Kier molecular flexibility index (Phi) is 9.99. The maximum atomic E-state index is 5.53. The summed E-state index contributed by atoms with van der Waals surface area (Å²) in [6.07, 6.45) is 0. The summed E-state index contributed by atoms with van der Waals surface area (Å²) in [7, 11) is 0. The smallest absolute Gasteiger partial charge is 0.0591 e. The minimum absolute atomic E-state index is 0.544. The van der Waals surface area contributed by atoms with Crippen LogP contribution in [0.3, 0.4) is 0 Å². The molecule has 0 aliphatic carbocycles. The molecular weight excluding hydrogens is 200 g/mol. The first-order valence-electron chi connectivity index (χ1n) is 6.63. The SMILES string of the molecule is CCN(CC)CC(C)NCCOCC(C)C. The van der Waals surface area contributed by atoms with Gasteiger partial charge in [0, 0.05) is 25.7 Å². The molecule has 1 unspecified atom stereocenters. The van der Waals surface area contributed by atoms with Gasteiger partial charge in [0.1, 0.15) is 0 Å². The summed E-state index contributed by atoms with van der Waals surface area (Å²) in [6, 6.07) is 0.544. The fraction of sp³-hybridized carbons (Fsp3) is 1.00. The molecule has 0 aliphatic heterocycles. The van der Waals surface area contributed by atoms with Crippen molar-refractivity contribution in [1.82, 2.24) is 10.2 Å². The standard InChI is InChI=1S/C13H30N2O/c1-6-15(7-2)10-13(5)14-8-9-16-11-12(3)4/h12-14H,6-11H2,1-5H3. The zero-order chi connectivity index (χ0) is 12.4. The molecule has 16 heavy (non-hydrogen) atoms. The lowest BCUT2D eigenvalue weighted by Gasteiger charge is -2.23. The average Bonchev–Trinajstić information content (AvgIpc) is 2.25. The van der Waals surface area contributed by atoms with Crippen molar-refractivity contribution in [2.45, 2.75) is 40.7 Å². The molecule has 0 saturated carbocycles. The lowest BCUT2D eigenvalue weighted by Crippen LogP contribution is -2.40. The van der Waals surface area contributed by atoms with Crippen molar-refractivity contribution in [3.63, 3.8) is 0 Å². The van der Waals surface area contributed by atoms with E-state index in [2.05, 4.69) is 44.8 Å². The lowest BCUT2D eigenvalue weighted by atomic mass is 10.2. The summed E-state index contributed by atoms with van der Waals surface area (Å²) in [5.74, 6) is 0.632. The largest absolute Gasteiger partial charge is 0.380 e. The number of likely N-dealkylation sites (N-methyl/N-ethyl adjacent to an activating group) is 1. The summed E-state index contributed by atoms with van der Waals surface area (Å²) >= 11 is 0. The van der Waals surface area contributed by atoms with Crippen molar-refractivity contribution < 1.29 is 4.74 Å². The second kappa shape index (κ2) is 10.1. The van der Waals surface area contributed by atoms with Gasteiger partial charge >= 0.3 is 0 Å². The van der Waals surface area contributed by atoms with E-state index in [0.717, 1.165) is 39.4 Å². The third kappa shape index (κ3) is 9.13. The molecule has 0 aliphatic rings. The molecule has 0 spiro atoms. The molecule has 3 heteroatoms. The molecule has 98 valence electrons. The molecule has 0 aromatic rings. The van der Waals surface area contributed by atoms with E-state index in [9.17, 15) is 0 Å². The van der Waals surface area contributed by atoms with Gasteiger partial charge in [0.25, 0.3) is 0 Å². The summed E-state index contributed by atoms with van der Waals surface area (Å²) in [6.45, 7) is 17.0. The van der Waals surface area contributed by atoms with E-state index < -0.39 is 0 Å². The van der Waals surface area contributed by atoms with E-state index in [1.54, 1.807) is 0 Å². The summed E-state index contributed by atoms with van der Waals surface area (Å²) in [4.78, 5) is 2.44. The molecule has 0 aromatic carbocycles.